The molecule has 1 saturated carbocycles. The lowest BCUT2D eigenvalue weighted by Crippen LogP contribution is -2.41. The molecule has 4 rings (SSSR count). The van der Waals surface area contributed by atoms with Crippen LogP contribution in [0.2, 0.25) is 5.15 Å². The van der Waals surface area contributed by atoms with Crippen molar-refractivity contribution < 1.29 is 0 Å². The van der Waals surface area contributed by atoms with E-state index in [0.29, 0.717) is 27.8 Å². The number of aryl methyl sites for hydroxylation is 1. The topological polar surface area (TPSA) is 85.6 Å². The van der Waals surface area contributed by atoms with E-state index in [4.69, 9.17) is 11.6 Å². The zero-order valence-corrected chi connectivity index (χ0v) is 14.1. The van der Waals surface area contributed by atoms with E-state index in [1.54, 1.807) is 16.7 Å². The van der Waals surface area contributed by atoms with Crippen molar-refractivity contribution in [2.24, 2.45) is 7.05 Å². The molecular formula is C16H16ClN5O2. The highest BCUT2D eigenvalue weighted by Crippen LogP contribution is 2.32. The first-order valence-corrected chi connectivity index (χ1v) is 8.20. The van der Waals surface area contributed by atoms with E-state index >= 15 is 0 Å². The van der Waals surface area contributed by atoms with Gasteiger partial charge in [-0.1, -0.05) is 11.6 Å². The molecule has 7 nitrogen and oxygen atoms in total. The fraction of sp³-hybridized carbons (Fsp3) is 0.375. The van der Waals surface area contributed by atoms with Crippen LogP contribution in [0.25, 0.3) is 22.6 Å². The van der Waals surface area contributed by atoms with Gasteiger partial charge in [0.1, 0.15) is 16.5 Å². The smallest absolute Gasteiger partial charge is 0.332 e. The number of hydrogen-bond acceptors (Lipinski definition) is 4. The molecule has 0 amide bonds. The van der Waals surface area contributed by atoms with Crippen LogP contribution in [0.5, 0.6) is 0 Å². The summed E-state index contributed by atoms with van der Waals surface area (Å²) < 4.78 is 2.77. The first-order valence-electron chi connectivity index (χ1n) is 7.82. The largest absolute Gasteiger partial charge is 0.332 e. The molecule has 0 spiro atoms. The summed E-state index contributed by atoms with van der Waals surface area (Å²) >= 11 is 5.90. The minimum Gasteiger partial charge on any atom is -0.332 e. The first kappa shape index (κ1) is 15.1. The summed E-state index contributed by atoms with van der Waals surface area (Å²) in [6, 6.07) is 3.58. The molecule has 0 aromatic carbocycles. The van der Waals surface area contributed by atoms with Gasteiger partial charge < -0.3 is 4.98 Å². The van der Waals surface area contributed by atoms with E-state index in [-0.39, 0.29) is 17.3 Å². The van der Waals surface area contributed by atoms with Crippen molar-refractivity contribution in [3.63, 3.8) is 0 Å². The van der Waals surface area contributed by atoms with Crippen LogP contribution in [0.4, 0.5) is 0 Å². The van der Waals surface area contributed by atoms with Crippen molar-refractivity contribution in [2.45, 2.75) is 32.2 Å². The molecule has 0 unspecified atom stereocenters. The third-order valence-electron chi connectivity index (χ3n) is 4.67. The molecular weight excluding hydrogens is 330 g/mol. The summed E-state index contributed by atoms with van der Waals surface area (Å²) in [5.74, 6) is 0.516. The molecule has 0 aliphatic heterocycles. The lowest BCUT2D eigenvalue weighted by molar-refractivity contribution is 0.306. The number of hydrogen-bond donors (Lipinski definition) is 1. The third kappa shape index (κ3) is 2.11. The fourth-order valence-electron chi connectivity index (χ4n) is 3.08. The normalized spacial score (nSPS) is 15.0. The van der Waals surface area contributed by atoms with Gasteiger partial charge in [-0.25, -0.2) is 14.8 Å². The number of imidazole rings is 1. The summed E-state index contributed by atoms with van der Waals surface area (Å²) in [6.07, 6.45) is 2.94. The van der Waals surface area contributed by atoms with Crippen molar-refractivity contribution in [3.05, 3.63) is 43.8 Å². The highest BCUT2D eigenvalue weighted by molar-refractivity contribution is 6.29. The second kappa shape index (κ2) is 5.31. The van der Waals surface area contributed by atoms with Crippen LogP contribution in [0.3, 0.4) is 0 Å². The van der Waals surface area contributed by atoms with Crippen LogP contribution in [0.1, 0.15) is 31.0 Å². The van der Waals surface area contributed by atoms with Crippen LogP contribution >= 0.6 is 11.6 Å². The SMILES string of the molecule is Cc1nc(Cl)ccc1-c1nc2c([nH]1)c(=O)n(C)c(=O)n2C1CCC1. The Balaban J connectivity index is 2.02. The second-order valence-corrected chi connectivity index (χ2v) is 6.54. The third-order valence-corrected chi connectivity index (χ3v) is 4.88. The summed E-state index contributed by atoms with van der Waals surface area (Å²) in [7, 11) is 1.49. The molecule has 0 radical (unpaired) electrons. The van der Waals surface area contributed by atoms with Crippen LogP contribution in [0.15, 0.2) is 21.7 Å². The Bertz CT molecular complexity index is 1070. The number of aromatic nitrogens is 5. The maximum absolute atomic E-state index is 12.5. The molecule has 1 N–H and O–H groups in total. The number of nitrogens with zero attached hydrogens (tertiary/aromatic N) is 4. The molecule has 0 saturated heterocycles. The van der Waals surface area contributed by atoms with E-state index < -0.39 is 0 Å². The predicted molar refractivity (Wildman–Crippen MR) is 91.5 cm³/mol. The fourth-order valence-corrected chi connectivity index (χ4v) is 3.27. The Morgan fingerprint density at radius 1 is 1.25 bits per heavy atom. The Kier molecular flexibility index (Phi) is 3.35. The van der Waals surface area contributed by atoms with Crippen LogP contribution in [-0.2, 0) is 7.05 Å². The van der Waals surface area contributed by atoms with Gasteiger partial charge in [-0.3, -0.25) is 13.9 Å². The van der Waals surface area contributed by atoms with Gasteiger partial charge in [-0.2, -0.15) is 0 Å². The van der Waals surface area contributed by atoms with Crippen molar-refractivity contribution in [1.29, 1.82) is 0 Å². The molecule has 124 valence electrons. The van der Waals surface area contributed by atoms with E-state index in [2.05, 4.69) is 15.0 Å². The highest BCUT2D eigenvalue weighted by Gasteiger charge is 2.26. The summed E-state index contributed by atoms with van der Waals surface area (Å²) in [6.45, 7) is 1.82. The summed E-state index contributed by atoms with van der Waals surface area (Å²) in [4.78, 5) is 36.8. The Hall–Kier alpha value is -2.41. The van der Waals surface area contributed by atoms with Gasteiger partial charge in [0.25, 0.3) is 5.56 Å². The van der Waals surface area contributed by atoms with Crippen molar-refractivity contribution in [3.8, 4) is 11.4 Å². The zero-order chi connectivity index (χ0) is 17.0. The predicted octanol–water partition coefficient (Wildman–Crippen LogP) is 2.17. The number of fused-ring (bicyclic) bond motifs is 1. The quantitative estimate of drug-likeness (QED) is 0.721. The van der Waals surface area contributed by atoms with Crippen molar-refractivity contribution in [2.75, 3.05) is 0 Å². The van der Waals surface area contributed by atoms with Gasteiger partial charge >= 0.3 is 5.69 Å². The molecule has 1 fully saturated rings. The minimum absolute atomic E-state index is 0.104. The molecule has 3 heterocycles. The van der Waals surface area contributed by atoms with Crippen LogP contribution in [-0.4, -0.2) is 24.1 Å². The monoisotopic (exact) mass is 345 g/mol. The van der Waals surface area contributed by atoms with Crippen molar-refractivity contribution >= 4 is 22.8 Å². The van der Waals surface area contributed by atoms with Gasteiger partial charge in [0.15, 0.2) is 5.65 Å². The van der Waals surface area contributed by atoms with E-state index in [1.807, 2.05) is 6.92 Å². The molecule has 3 aromatic heterocycles. The van der Waals surface area contributed by atoms with Crippen LogP contribution in [0, 0.1) is 6.92 Å². The number of aromatic amines is 1. The summed E-state index contributed by atoms with van der Waals surface area (Å²) in [5, 5.41) is 0.398. The van der Waals surface area contributed by atoms with Gasteiger partial charge in [0, 0.05) is 24.3 Å². The maximum Gasteiger partial charge on any atom is 0.332 e. The second-order valence-electron chi connectivity index (χ2n) is 6.15. The molecule has 3 aromatic rings. The van der Waals surface area contributed by atoms with Gasteiger partial charge in [0.2, 0.25) is 0 Å². The van der Waals surface area contributed by atoms with E-state index in [1.165, 1.54) is 7.05 Å². The van der Waals surface area contributed by atoms with E-state index in [0.717, 1.165) is 29.4 Å². The van der Waals surface area contributed by atoms with E-state index in [9.17, 15) is 9.59 Å². The summed E-state index contributed by atoms with van der Waals surface area (Å²) in [5.41, 5.74) is 1.52. The van der Waals surface area contributed by atoms with Gasteiger partial charge in [0.05, 0.1) is 0 Å². The Labute approximate surface area is 141 Å². The van der Waals surface area contributed by atoms with Gasteiger partial charge in [-0.15, -0.1) is 0 Å². The Morgan fingerprint density at radius 2 is 2.00 bits per heavy atom. The van der Waals surface area contributed by atoms with Gasteiger partial charge in [-0.05, 0) is 38.3 Å². The average Bonchev–Trinajstić information content (AvgIpc) is 2.92. The number of halogens is 1. The molecule has 1 aliphatic carbocycles. The standard InChI is InChI=1S/C16H16ClN5O2/c1-8-10(6-7-11(17)18-8)13-19-12-14(20-13)22(9-4-3-5-9)16(24)21(2)15(12)23/h6-7,9H,3-5H2,1-2H3,(H,19,20). The molecule has 1 aliphatic rings. The van der Waals surface area contributed by atoms with Crippen LogP contribution < -0.4 is 11.2 Å². The number of nitrogens with one attached hydrogen (secondary N) is 1. The maximum atomic E-state index is 12.5. The molecule has 0 bridgehead atoms. The molecule has 24 heavy (non-hydrogen) atoms. The molecule has 8 heteroatoms. The average molecular weight is 346 g/mol. The number of H-pyrrole nitrogens is 1. The lowest BCUT2D eigenvalue weighted by atomic mass is 9.93. The first-order chi connectivity index (χ1) is 11.5. The highest BCUT2D eigenvalue weighted by atomic mass is 35.5. The minimum atomic E-state index is -0.371. The van der Waals surface area contributed by atoms with Crippen molar-refractivity contribution in [1.82, 2.24) is 24.1 Å². The number of pyridine rings is 1. The molecule has 0 atom stereocenters. The number of rotatable bonds is 2. The lowest BCUT2D eigenvalue weighted by Gasteiger charge is -2.27. The zero-order valence-electron chi connectivity index (χ0n) is 13.3. The Morgan fingerprint density at radius 3 is 2.62 bits per heavy atom.